The number of pyridine rings is 1. The highest BCUT2D eigenvalue weighted by atomic mass is 79.9. The lowest BCUT2D eigenvalue weighted by molar-refractivity contribution is 0.174. The minimum absolute atomic E-state index is 0.298. The molecule has 0 fully saturated rings. The molecule has 0 radical (unpaired) electrons. The Kier molecular flexibility index (Phi) is 3.61. The van der Waals surface area contributed by atoms with Gasteiger partial charge in [-0.1, -0.05) is 6.07 Å². The molecule has 2 heterocycles. The van der Waals surface area contributed by atoms with E-state index in [1.165, 1.54) is 0 Å². The zero-order valence-corrected chi connectivity index (χ0v) is 13.0. The van der Waals surface area contributed by atoms with Gasteiger partial charge in [0.1, 0.15) is 5.82 Å². The van der Waals surface area contributed by atoms with Gasteiger partial charge in [-0.3, -0.25) is 0 Å². The number of benzene rings is 1. The molecule has 4 nitrogen and oxygen atoms in total. The van der Waals surface area contributed by atoms with Crippen molar-refractivity contribution in [3.63, 3.8) is 0 Å². The summed E-state index contributed by atoms with van der Waals surface area (Å²) >= 11 is 6.85. The second-order valence-electron chi connectivity index (χ2n) is 4.03. The number of rotatable bonds is 3. The molecule has 0 saturated heterocycles. The summed E-state index contributed by atoms with van der Waals surface area (Å²) in [5.41, 5.74) is 1.11. The zero-order chi connectivity index (χ0) is 13.2. The van der Waals surface area contributed by atoms with E-state index >= 15 is 0 Å². The number of hydrogen-bond donors (Lipinski definition) is 1. The van der Waals surface area contributed by atoms with E-state index in [2.05, 4.69) is 42.2 Å². The zero-order valence-electron chi connectivity index (χ0n) is 9.82. The summed E-state index contributed by atoms with van der Waals surface area (Å²) in [6.45, 7) is 0.968. The summed E-state index contributed by atoms with van der Waals surface area (Å²) in [6, 6.07) is 7.85. The summed E-state index contributed by atoms with van der Waals surface area (Å²) in [4.78, 5) is 4.30. The van der Waals surface area contributed by atoms with Crippen LogP contribution in [0.5, 0.6) is 11.5 Å². The van der Waals surface area contributed by atoms with E-state index in [1.807, 2.05) is 24.3 Å². The SMILES string of the molecule is Brc1cnc(NCc2ccc3c(c2)OCO3)c(Br)c1. The van der Waals surface area contributed by atoms with Crippen molar-refractivity contribution in [2.24, 2.45) is 0 Å². The largest absolute Gasteiger partial charge is 0.454 e. The maximum absolute atomic E-state index is 5.35. The van der Waals surface area contributed by atoms with Gasteiger partial charge in [-0.05, 0) is 55.6 Å². The highest BCUT2D eigenvalue weighted by molar-refractivity contribution is 9.11. The van der Waals surface area contributed by atoms with Gasteiger partial charge in [0, 0.05) is 17.2 Å². The van der Waals surface area contributed by atoms with Crippen LogP contribution in [-0.4, -0.2) is 11.8 Å². The van der Waals surface area contributed by atoms with Crippen molar-refractivity contribution in [2.75, 3.05) is 12.1 Å². The monoisotopic (exact) mass is 384 g/mol. The summed E-state index contributed by atoms with van der Waals surface area (Å²) in [5.74, 6) is 2.40. The van der Waals surface area contributed by atoms with Gasteiger partial charge in [-0.15, -0.1) is 0 Å². The lowest BCUT2D eigenvalue weighted by Gasteiger charge is -2.08. The Morgan fingerprint density at radius 2 is 2.00 bits per heavy atom. The van der Waals surface area contributed by atoms with Gasteiger partial charge in [0.25, 0.3) is 0 Å². The first-order chi connectivity index (χ1) is 9.22. The molecular weight excluding hydrogens is 376 g/mol. The topological polar surface area (TPSA) is 43.4 Å². The molecule has 3 rings (SSSR count). The molecule has 0 amide bonds. The number of nitrogens with one attached hydrogen (secondary N) is 1. The molecule has 6 heteroatoms. The highest BCUT2D eigenvalue weighted by Crippen LogP contribution is 2.32. The first-order valence-electron chi connectivity index (χ1n) is 5.66. The lowest BCUT2D eigenvalue weighted by atomic mass is 10.2. The minimum Gasteiger partial charge on any atom is -0.454 e. The molecule has 1 aromatic carbocycles. The maximum Gasteiger partial charge on any atom is 0.231 e. The molecule has 0 bridgehead atoms. The van der Waals surface area contributed by atoms with Gasteiger partial charge in [0.15, 0.2) is 11.5 Å². The quantitative estimate of drug-likeness (QED) is 0.868. The van der Waals surface area contributed by atoms with E-state index in [4.69, 9.17) is 9.47 Å². The molecule has 1 aromatic heterocycles. The minimum atomic E-state index is 0.298. The number of hydrogen-bond acceptors (Lipinski definition) is 4. The third-order valence-corrected chi connectivity index (χ3v) is 3.74. The number of halogens is 2. The number of aromatic nitrogens is 1. The molecule has 19 heavy (non-hydrogen) atoms. The Morgan fingerprint density at radius 3 is 2.84 bits per heavy atom. The van der Waals surface area contributed by atoms with E-state index < -0.39 is 0 Å². The maximum atomic E-state index is 5.35. The Balaban J connectivity index is 1.72. The Labute approximate surface area is 127 Å². The fourth-order valence-corrected chi connectivity index (χ4v) is 2.91. The number of nitrogens with zero attached hydrogens (tertiary/aromatic N) is 1. The van der Waals surface area contributed by atoms with Crippen LogP contribution in [0.3, 0.4) is 0 Å². The second-order valence-corrected chi connectivity index (χ2v) is 5.80. The third kappa shape index (κ3) is 2.84. The van der Waals surface area contributed by atoms with Gasteiger partial charge in [-0.2, -0.15) is 0 Å². The molecule has 98 valence electrons. The van der Waals surface area contributed by atoms with Crippen LogP contribution in [0.25, 0.3) is 0 Å². The summed E-state index contributed by atoms with van der Waals surface area (Å²) in [7, 11) is 0. The lowest BCUT2D eigenvalue weighted by Crippen LogP contribution is -2.02. The smallest absolute Gasteiger partial charge is 0.231 e. The third-order valence-electron chi connectivity index (χ3n) is 2.70. The summed E-state index contributed by atoms with van der Waals surface area (Å²) in [6.07, 6.45) is 1.76. The van der Waals surface area contributed by atoms with Crippen LogP contribution in [0.4, 0.5) is 5.82 Å². The first kappa shape index (κ1) is 12.7. The van der Waals surface area contributed by atoms with E-state index in [-0.39, 0.29) is 0 Å². The first-order valence-corrected chi connectivity index (χ1v) is 7.24. The van der Waals surface area contributed by atoms with Gasteiger partial charge >= 0.3 is 0 Å². The molecule has 2 aromatic rings. The predicted octanol–water partition coefficient (Wildman–Crippen LogP) is 3.95. The average molecular weight is 386 g/mol. The fraction of sp³-hybridized carbons (Fsp3) is 0.154. The van der Waals surface area contributed by atoms with Gasteiger partial charge < -0.3 is 14.8 Å². The normalized spacial score (nSPS) is 12.5. The van der Waals surface area contributed by atoms with Crippen LogP contribution in [0.15, 0.2) is 39.4 Å². The van der Waals surface area contributed by atoms with Crippen LogP contribution in [-0.2, 0) is 6.54 Å². The number of anilines is 1. The molecule has 1 aliphatic rings. The van der Waals surface area contributed by atoms with E-state index in [9.17, 15) is 0 Å². The standard InChI is InChI=1S/C13H10Br2N2O2/c14-9-4-10(15)13(17-6-9)16-5-8-1-2-11-12(3-8)19-7-18-11/h1-4,6H,5,7H2,(H,16,17). The van der Waals surface area contributed by atoms with Crippen molar-refractivity contribution in [1.82, 2.24) is 4.98 Å². The van der Waals surface area contributed by atoms with E-state index in [0.29, 0.717) is 13.3 Å². The summed E-state index contributed by atoms with van der Waals surface area (Å²) in [5, 5.41) is 3.27. The number of ether oxygens (including phenoxy) is 2. The van der Waals surface area contributed by atoms with Crippen molar-refractivity contribution < 1.29 is 9.47 Å². The summed E-state index contributed by atoms with van der Waals surface area (Å²) < 4.78 is 12.5. The fourth-order valence-electron chi connectivity index (χ4n) is 1.78. The van der Waals surface area contributed by atoms with Crippen molar-refractivity contribution in [2.45, 2.75) is 6.54 Å². The van der Waals surface area contributed by atoms with E-state index in [1.54, 1.807) is 6.20 Å². The Hall–Kier alpha value is -1.27. The predicted molar refractivity (Wildman–Crippen MR) is 79.5 cm³/mol. The van der Waals surface area contributed by atoms with Gasteiger partial charge in [0.05, 0.1) is 4.47 Å². The number of fused-ring (bicyclic) bond motifs is 1. The molecule has 0 unspecified atom stereocenters. The van der Waals surface area contributed by atoms with Gasteiger partial charge in [0.2, 0.25) is 6.79 Å². The van der Waals surface area contributed by atoms with Crippen LogP contribution >= 0.6 is 31.9 Å². The van der Waals surface area contributed by atoms with Crippen molar-refractivity contribution in [1.29, 1.82) is 0 Å². The molecule has 0 spiro atoms. The highest BCUT2D eigenvalue weighted by Gasteiger charge is 2.13. The molecule has 0 aliphatic carbocycles. The van der Waals surface area contributed by atoms with Gasteiger partial charge in [-0.25, -0.2) is 4.98 Å². The van der Waals surface area contributed by atoms with E-state index in [0.717, 1.165) is 31.8 Å². The van der Waals surface area contributed by atoms with Crippen molar-refractivity contribution in [3.05, 3.63) is 45.0 Å². The molecule has 0 atom stereocenters. The van der Waals surface area contributed by atoms with Crippen molar-refractivity contribution in [3.8, 4) is 11.5 Å². The Bertz CT molecular complexity index is 620. The second kappa shape index (κ2) is 5.38. The molecule has 1 N–H and O–H groups in total. The van der Waals surface area contributed by atoms with Crippen LogP contribution in [0.2, 0.25) is 0 Å². The molecule has 1 aliphatic heterocycles. The molecule has 0 saturated carbocycles. The van der Waals surface area contributed by atoms with Crippen molar-refractivity contribution >= 4 is 37.7 Å². The Morgan fingerprint density at radius 1 is 1.16 bits per heavy atom. The average Bonchev–Trinajstić information content (AvgIpc) is 2.85. The van der Waals surface area contributed by atoms with Crippen LogP contribution < -0.4 is 14.8 Å². The van der Waals surface area contributed by atoms with Crippen LogP contribution in [0, 0.1) is 0 Å². The van der Waals surface area contributed by atoms with Crippen LogP contribution in [0.1, 0.15) is 5.56 Å². The molecular formula is C13H10Br2N2O2.